The van der Waals surface area contributed by atoms with Crippen LogP contribution in [0.15, 0.2) is 35.3 Å². The first-order valence-corrected chi connectivity index (χ1v) is 5.79. The Morgan fingerprint density at radius 1 is 1.62 bits per heavy atom. The number of hydrogen-bond acceptors (Lipinski definition) is 2. The molecule has 0 radical (unpaired) electrons. The van der Waals surface area contributed by atoms with Gasteiger partial charge in [0.1, 0.15) is 5.75 Å². The van der Waals surface area contributed by atoms with E-state index in [1.807, 2.05) is 13.0 Å². The van der Waals surface area contributed by atoms with Crippen molar-refractivity contribution in [1.82, 2.24) is 5.32 Å². The minimum atomic E-state index is -0.162. The molecule has 0 fully saturated rings. The largest absolute Gasteiger partial charge is 0.493 e. The molecule has 1 aromatic rings. The van der Waals surface area contributed by atoms with Gasteiger partial charge in [0, 0.05) is 11.0 Å². The molecule has 0 saturated carbocycles. The monoisotopic (exact) mass is 283 g/mol. The van der Waals surface area contributed by atoms with Crippen molar-refractivity contribution in [3.05, 3.63) is 40.9 Å². The van der Waals surface area contributed by atoms with E-state index in [1.54, 1.807) is 18.2 Å². The van der Waals surface area contributed by atoms with Crippen LogP contribution in [0.4, 0.5) is 0 Å². The van der Waals surface area contributed by atoms with Gasteiger partial charge < -0.3 is 10.1 Å². The molecule has 4 heteroatoms. The van der Waals surface area contributed by atoms with E-state index in [-0.39, 0.29) is 5.91 Å². The van der Waals surface area contributed by atoms with Crippen LogP contribution in [0.5, 0.6) is 5.75 Å². The van der Waals surface area contributed by atoms with Crippen molar-refractivity contribution in [3.63, 3.8) is 0 Å². The average Bonchev–Trinajstić information content (AvgIpc) is 2.28. The molecule has 0 aliphatic heterocycles. The van der Waals surface area contributed by atoms with Crippen LogP contribution in [0.25, 0.3) is 0 Å². The van der Waals surface area contributed by atoms with Crippen LogP contribution in [0.3, 0.4) is 0 Å². The van der Waals surface area contributed by atoms with Gasteiger partial charge in [0.2, 0.25) is 0 Å². The van der Waals surface area contributed by atoms with Crippen LogP contribution in [0.1, 0.15) is 17.3 Å². The first-order chi connectivity index (χ1) is 7.69. The Bertz CT molecular complexity index is 391. The predicted molar refractivity (Wildman–Crippen MR) is 67.8 cm³/mol. The van der Waals surface area contributed by atoms with Gasteiger partial charge in [-0.2, -0.15) is 0 Å². The Morgan fingerprint density at radius 2 is 2.38 bits per heavy atom. The van der Waals surface area contributed by atoms with Crippen LogP contribution in [0.2, 0.25) is 0 Å². The summed E-state index contributed by atoms with van der Waals surface area (Å²) in [4.78, 5) is 11.8. The standard InChI is InChI=1S/C12H14BrNO2/c1-3-7-14-12(15)10-8-9(13)5-6-11(10)16-4-2/h3,5-6,8H,1,4,7H2,2H3,(H,14,15). The van der Waals surface area contributed by atoms with E-state index in [4.69, 9.17) is 4.74 Å². The summed E-state index contributed by atoms with van der Waals surface area (Å²) in [5.74, 6) is 0.428. The zero-order valence-electron chi connectivity index (χ0n) is 9.13. The minimum Gasteiger partial charge on any atom is -0.493 e. The highest BCUT2D eigenvalue weighted by molar-refractivity contribution is 9.10. The van der Waals surface area contributed by atoms with Crippen LogP contribution in [-0.2, 0) is 0 Å². The molecule has 0 unspecified atom stereocenters. The lowest BCUT2D eigenvalue weighted by Gasteiger charge is -2.10. The first-order valence-electron chi connectivity index (χ1n) is 5.00. The number of carbonyl (C=O) groups is 1. The number of halogens is 1. The summed E-state index contributed by atoms with van der Waals surface area (Å²) >= 11 is 3.33. The molecule has 3 nitrogen and oxygen atoms in total. The molecule has 0 spiro atoms. The van der Waals surface area contributed by atoms with E-state index >= 15 is 0 Å². The summed E-state index contributed by atoms with van der Waals surface area (Å²) in [6, 6.07) is 5.36. The summed E-state index contributed by atoms with van der Waals surface area (Å²) < 4.78 is 6.23. The zero-order chi connectivity index (χ0) is 12.0. The molecule has 0 aliphatic rings. The van der Waals surface area contributed by atoms with E-state index in [0.717, 1.165) is 4.47 Å². The molecule has 86 valence electrons. The maximum absolute atomic E-state index is 11.8. The van der Waals surface area contributed by atoms with E-state index in [1.165, 1.54) is 0 Å². The SMILES string of the molecule is C=CCNC(=O)c1cc(Br)ccc1OCC. The molecule has 0 aromatic heterocycles. The van der Waals surface area contributed by atoms with E-state index < -0.39 is 0 Å². The molecule has 16 heavy (non-hydrogen) atoms. The minimum absolute atomic E-state index is 0.162. The smallest absolute Gasteiger partial charge is 0.255 e. The van der Waals surface area contributed by atoms with Crippen molar-refractivity contribution in [3.8, 4) is 5.75 Å². The number of nitrogens with one attached hydrogen (secondary N) is 1. The van der Waals surface area contributed by atoms with Crippen molar-refractivity contribution in [1.29, 1.82) is 0 Å². The van der Waals surface area contributed by atoms with Crippen molar-refractivity contribution in [2.75, 3.05) is 13.2 Å². The second-order valence-corrected chi connectivity index (χ2v) is 3.99. The van der Waals surface area contributed by atoms with Gasteiger partial charge >= 0.3 is 0 Å². The van der Waals surface area contributed by atoms with Crippen LogP contribution in [-0.4, -0.2) is 19.1 Å². The highest BCUT2D eigenvalue weighted by Gasteiger charge is 2.11. The Hall–Kier alpha value is -1.29. The zero-order valence-corrected chi connectivity index (χ0v) is 10.7. The van der Waals surface area contributed by atoms with Crippen molar-refractivity contribution in [2.24, 2.45) is 0 Å². The summed E-state index contributed by atoms with van der Waals surface area (Å²) in [6.07, 6.45) is 1.64. The van der Waals surface area contributed by atoms with Gasteiger partial charge in [0.25, 0.3) is 5.91 Å². The maximum Gasteiger partial charge on any atom is 0.255 e. The van der Waals surface area contributed by atoms with Crippen molar-refractivity contribution < 1.29 is 9.53 Å². The van der Waals surface area contributed by atoms with Crippen molar-refractivity contribution in [2.45, 2.75) is 6.92 Å². The Balaban J connectivity index is 2.94. The third-order valence-electron chi connectivity index (χ3n) is 1.89. The van der Waals surface area contributed by atoms with E-state index in [0.29, 0.717) is 24.5 Å². The normalized spacial score (nSPS) is 9.62. The lowest BCUT2D eigenvalue weighted by Crippen LogP contribution is -2.23. The molecular weight excluding hydrogens is 270 g/mol. The van der Waals surface area contributed by atoms with Crippen LogP contribution in [0, 0.1) is 0 Å². The lowest BCUT2D eigenvalue weighted by atomic mass is 10.2. The third-order valence-corrected chi connectivity index (χ3v) is 2.39. The lowest BCUT2D eigenvalue weighted by molar-refractivity contribution is 0.0954. The number of carbonyl (C=O) groups excluding carboxylic acids is 1. The highest BCUT2D eigenvalue weighted by Crippen LogP contribution is 2.23. The summed E-state index contributed by atoms with van der Waals surface area (Å²) in [7, 11) is 0. The second kappa shape index (κ2) is 6.33. The summed E-state index contributed by atoms with van der Waals surface area (Å²) in [5, 5.41) is 2.72. The van der Waals surface area contributed by atoms with Gasteiger partial charge in [-0.15, -0.1) is 6.58 Å². The van der Waals surface area contributed by atoms with Gasteiger partial charge in [-0.05, 0) is 25.1 Å². The number of rotatable bonds is 5. The molecule has 1 rings (SSSR count). The second-order valence-electron chi connectivity index (χ2n) is 3.07. The quantitative estimate of drug-likeness (QED) is 0.844. The number of amides is 1. The molecule has 0 saturated heterocycles. The summed E-state index contributed by atoms with van der Waals surface area (Å²) in [6.45, 7) is 6.40. The average molecular weight is 284 g/mol. The molecular formula is C12H14BrNO2. The Kier molecular flexibility index (Phi) is 5.05. The van der Waals surface area contributed by atoms with Gasteiger partial charge in [0.05, 0.1) is 12.2 Å². The van der Waals surface area contributed by atoms with Gasteiger partial charge in [-0.3, -0.25) is 4.79 Å². The molecule has 0 aliphatic carbocycles. The topological polar surface area (TPSA) is 38.3 Å². The summed E-state index contributed by atoms with van der Waals surface area (Å²) in [5.41, 5.74) is 0.526. The molecule has 1 aromatic carbocycles. The highest BCUT2D eigenvalue weighted by atomic mass is 79.9. The van der Waals surface area contributed by atoms with Gasteiger partial charge in [-0.25, -0.2) is 0 Å². The van der Waals surface area contributed by atoms with E-state index in [9.17, 15) is 4.79 Å². The van der Waals surface area contributed by atoms with E-state index in [2.05, 4.69) is 27.8 Å². The molecule has 0 atom stereocenters. The fraction of sp³-hybridized carbons (Fsp3) is 0.250. The molecule has 0 bridgehead atoms. The predicted octanol–water partition coefficient (Wildman–Crippen LogP) is 2.76. The van der Waals surface area contributed by atoms with Crippen LogP contribution < -0.4 is 10.1 Å². The Labute approximate surface area is 104 Å². The number of ether oxygens (including phenoxy) is 1. The van der Waals surface area contributed by atoms with Gasteiger partial charge in [0.15, 0.2) is 0 Å². The Morgan fingerprint density at radius 3 is 3.00 bits per heavy atom. The third kappa shape index (κ3) is 3.38. The number of hydrogen-bond donors (Lipinski definition) is 1. The molecule has 1 N–H and O–H groups in total. The number of benzene rings is 1. The first kappa shape index (κ1) is 12.8. The van der Waals surface area contributed by atoms with Crippen LogP contribution >= 0.6 is 15.9 Å². The molecule has 0 heterocycles. The fourth-order valence-electron chi connectivity index (χ4n) is 1.22. The van der Waals surface area contributed by atoms with Crippen molar-refractivity contribution >= 4 is 21.8 Å². The fourth-order valence-corrected chi connectivity index (χ4v) is 1.58. The molecule has 1 amide bonds. The van der Waals surface area contributed by atoms with Gasteiger partial charge in [-0.1, -0.05) is 22.0 Å². The maximum atomic E-state index is 11.8.